The zero-order valence-corrected chi connectivity index (χ0v) is 13.4. The molecule has 1 amide bonds. The van der Waals surface area contributed by atoms with Gasteiger partial charge in [0.15, 0.2) is 0 Å². The Kier molecular flexibility index (Phi) is 5.14. The summed E-state index contributed by atoms with van der Waals surface area (Å²) >= 11 is 0. The van der Waals surface area contributed by atoms with Crippen LogP contribution in [0, 0.1) is 5.92 Å². The van der Waals surface area contributed by atoms with Crippen molar-refractivity contribution in [1.29, 1.82) is 0 Å². The van der Waals surface area contributed by atoms with Crippen molar-refractivity contribution in [3.63, 3.8) is 0 Å². The minimum atomic E-state index is 0.178. The molecule has 1 saturated carbocycles. The molecule has 3 atom stereocenters. The van der Waals surface area contributed by atoms with Gasteiger partial charge in [0, 0.05) is 25.0 Å². The van der Waals surface area contributed by atoms with Crippen LogP contribution in [0.4, 0.5) is 0 Å². The average molecular weight is 300 g/mol. The van der Waals surface area contributed by atoms with E-state index < -0.39 is 0 Å². The minimum absolute atomic E-state index is 0.178. The molecule has 1 heterocycles. The highest BCUT2D eigenvalue weighted by atomic mass is 16.2. The third kappa shape index (κ3) is 3.70. The molecule has 1 aromatic rings. The van der Waals surface area contributed by atoms with E-state index in [9.17, 15) is 4.79 Å². The molecular formula is C19H28N2O. The van der Waals surface area contributed by atoms with Crippen molar-refractivity contribution in [1.82, 2.24) is 4.90 Å². The van der Waals surface area contributed by atoms with Gasteiger partial charge in [-0.05, 0) is 50.0 Å². The van der Waals surface area contributed by atoms with Crippen LogP contribution in [0.2, 0.25) is 0 Å². The normalized spacial score (nSPS) is 29.9. The Hall–Kier alpha value is -1.35. The molecule has 1 aliphatic heterocycles. The summed E-state index contributed by atoms with van der Waals surface area (Å²) in [6.07, 6.45) is 7.51. The van der Waals surface area contributed by atoms with Crippen LogP contribution in [0.15, 0.2) is 30.3 Å². The van der Waals surface area contributed by atoms with Gasteiger partial charge in [0.25, 0.3) is 0 Å². The molecule has 3 heteroatoms. The molecule has 1 aliphatic carbocycles. The van der Waals surface area contributed by atoms with Crippen LogP contribution in [0.25, 0.3) is 0 Å². The zero-order chi connectivity index (χ0) is 15.4. The SMILES string of the molecule is NC1CCCC(C(=O)N2CCCC(c3ccccc3)CC2)C1. The van der Waals surface area contributed by atoms with E-state index in [0.717, 1.165) is 51.6 Å². The highest BCUT2D eigenvalue weighted by Crippen LogP contribution is 2.30. The first kappa shape index (κ1) is 15.5. The van der Waals surface area contributed by atoms with Crippen molar-refractivity contribution in [2.45, 2.75) is 56.9 Å². The van der Waals surface area contributed by atoms with Gasteiger partial charge < -0.3 is 10.6 Å². The highest BCUT2D eigenvalue weighted by molar-refractivity contribution is 5.79. The number of carbonyl (C=O) groups is 1. The summed E-state index contributed by atoms with van der Waals surface area (Å²) < 4.78 is 0. The molecule has 0 aromatic heterocycles. The molecule has 2 N–H and O–H groups in total. The van der Waals surface area contributed by atoms with E-state index in [-0.39, 0.29) is 12.0 Å². The molecule has 3 nitrogen and oxygen atoms in total. The van der Waals surface area contributed by atoms with Gasteiger partial charge in [0.05, 0.1) is 0 Å². The Balaban J connectivity index is 1.59. The van der Waals surface area contributed by atoms with E-state index in [1.54, 1.807) is 0 Å². The van der Waals surface area contributed by atoms with Crippen LogP contribution in [-0.2, 0) is 4.79 Å². The fourth-order valence-corrected chi connectivity index (χ4v) is 4.09. The van der Waals surface area contributed by atoms with Crippen LogP contribution < -0.4 is 5.73 Å². The maximum atomic E-state index is 12.8. The first-order valence-electron chi connectivity index (χ1n) is 8.83. The fraction of sp³-hybridized carbons (Fsp3) is 0.632. The van der Waals surface area contributed by atoms with Gasteiger partial charge in [0.2, 0.25) is 5.91 Å². The van der Waals surface area contributed by atoms with Crippen molar-refractivity contribution in [2.75, 3.05) is 13.1 Å². The van der Waals surface area contributed by atoms with Crippen molar-refractivity contribution in [3.05, 3.63) is 35.9 Å². The van der Waals surface area contributed by atoms with E-state index in [1.807, 2.05) is 0 Å². The maximum absolute atomic E-state index is 12.8. The van der Waals surface area contributed by atoms with Crippen LogP contribution >= 0.6 is 0 Å². The number of carbonyl (C=O) groups excluding carboxylic acids is 1. The van der Waals surface area contributed by atoms with E-state index in [0.29, 0.717) is 11.8 Å². The molecule has 2 aliphatic rings. The summed E-state index contributed by atoms with van der Waals surface area (Å²) in [5.74, 6) is 1.15. The largest absolute Gasteiger partial charge is 0.342 e. The molecule has 0 spiro atoms. The molecule has 120 valence electrons. The summed E-state index contributed by atoms with van der Waals surface area (Å²) in [4.78, 5) is 14.9. The fourth-order valence-electron chi connectivity index (χ4n) is 4.09. The molecular weight excluding hydrogens is 272 g/mol. The van der Waals surface area contributed by atoms with Crippen molar-refractivity contribution >= 4 is 5.91 Å². The number of rotatable bonds is 2. The predicted molar refractivity (Wildman–Crippen MR) is 89.5 cm³/mol. The second-order valence-electron chi connectivity index (χ2n) is 6.99. The van der Waals surface area contributed by atoms with E-state index in [2.05, 4.69) is 35.2 Å². The Labute approximate surface area is 133 Å². The lowest BCUT2D eigenvalue weighted by molar-refractivity contribution is -0.136. The average Bonchev–Trinajstić information content (AvgIpc) is 2.81. The van der Waals surface area contributed by atoms with Crippen molar-refractivity contribution in [3.8, 4) is 0 Å². The van der Waals surface area contributed by atoms with Crippen LogP contribution in [-0.4, -0.2) is 29.9 Å². The first-order chi connectivity index (χ1) is 10.7. The van der Waals surface area contributed by atoms with Crippen LogP contribution in [0.1, 0.15) is 56.4 Å². The summed E-state index contributed by atoms with van der Waals surface area (Å²) in [6, 6.07) is 11.0. The summed E-state index contributed by atoms with van der Waals surface area (Å²) in [6.45, 7) is 1.83. The van der Waals surface area contributed by atoms with E-state index in [1.165, 1.54) is 12.0 Å². The minimum Gasteiger partial charge on any atom is -0.342 e. The van der Waals surface area contributed by atoms with E-state index >= 15 is 0 Å². The molecule has 0 radical (unpaired) electrons. The molecule has 2 fully saturated rings. The number of benzene rings is 1. The number of hydrogen-bond acceptors (Lipinski definition) is 2. The quantitative estimate of drug-likeness (QED) is 0.911. The van der Waals surface area contributed by atoms with Gasteiger partial charge in [-0.1, -0.05) is 36.8 Å². The topological polar surface area (TPSA) is 46.3 Å². The zero-order valence-electron chi connectivity index (χ0n) is 13.4. The Morgan fingerprint density at radius 3 is 2.59 bits per heavy atom. The number of nitrogens with zero attached hydrogens (tertiary/aromatic N) is 1. The monoisotopic (exact) mass is 300 g/mol. The summed E-state index contributed by atoms with van der Waals surface area (Å²) in [5.41, 5.74) is 7.48. The number of nitrogens with two attached hydrogens (primary N) is 1. The maximum Gasteiger partial charge on any atom is 0.225 e. The van der Waals surface area contributed by atoms with Crippen molar-refractivity contribution in [2.24, 2.45) is 11.7 Å². The van der Waals surface area contributed by atoms with Crippen molar-refractivity contribution < 1.29 is 4.79 Å². The number of likely N-dealkylation sites (tertiary alicyclic amines) is 1. The van der Waals surface area contributed by atoms with Gasteiger partial charge in [-0.2, -0.15) is 0 Å². The van der Waals surface area contributed by atoms with Gasteiger partial charge in [-0.3, -0.25) is 4.79 Å². The second kappa shape index (κ2) is 7.28. The molecule has 0 bridgehead atoms. The Morgan fingerprint density at radius 2 is 1.82 bits per heavy atom. The first-order valence-corrected chi connectivity index (χ1v) is 8.83. The Bertz CT molecular complexity index is 487. The lowest BCUT2D eigenvalue weighted by Gasteiger charge is -2.31. The molecule has 22 heavy (non-hydrogen) atoms. The van der Waals surface area contributed by atoms with Crippen LogP contribution in [0.5, 0.6) is 0 Å². The van der Waals surface area contributed by atoms with Gasteiger partial charge >= 0.3 is 0 Å². The smallest absolute Gasteiger partial charge is 0.225 e. The molecule has 3 rings (SSSR count). The third-order valence-corrected chi connectivity index (χ3v) is 5.37. The number of hydrogen-bond donors (Lipinski definition) is 1. The third-order valence-electron chi connectivity index (χ3n) is 5.37. The molecule has 3 unspecified atom stereocenters. The summed E-state index contributed by atoms with van der Waals surface area (Å²) in [7, 11) is 0. The molecule has 1 aromatic carbocycles. The van der Waals surface area contributed by atoms with Gasteiger partial charge in [-0.15, -0.1) is 0 Å². The predicted octanol–water partition coefficient (Wildman–Crippen LogP) is 3.30. The summed E-state index contributed by atoms with van der Waals surface area (Å²) in [5, 5.41) is 0. The lowest BCUT2D eigenvalue weighted by atomic mass is 9.85. The van der Waals surface area contributed by atoms with E-state index in [4.69, 9.17) is 5.73 Å². The Morgan fingerprint density at radius 1 is 1.00 bits per heavy atom. The second-order valence-corrected chi connectivity index (χ2v) is 6.99. The highest BCUT2D eigenvalue weighted by Gasteiger charge is 2.30. The number of amides is 1. The lowest BCUT2D eigenvalue weighted by Crippen LogP contribution is -2.41. The molecule has 1 saturated heterocycles. The van der Waals surface area contributed by atoms with Gasteiger partial charge in [0.1, 0.15) is 0 Å². The van der Waals surface area contributed by atoms with Crippen LogP contribution in [0.3, 0.4) is 0 Å². The standard InChI is InChI=1S/C19H28N2O/c20-18-10-4-8-17(14-18)19(22)21-12-5-9-16(11-13-21)15-6-2-1-3-7-15/h1-3,6-7,16-18H,4-5,8-14,20H2. The van der Waals surface area contributed by atoms with Gasteiger partial charge in [-0.25, -0.2) is 0 Å².